The number of nitrogens with two attached hydrogens (primary N) is 1. The summed E-state index contributed by atoms with van der Waals surface area (Å²) in [4.78, 5) is 4.11. The number of nitriles is 1. The second-order valence-corrected chi connectivity index (χ2v) is 3.86. The summed E-state index contributed by atoms with van der Waals surface area (Å²) in [7, 11) is 0. The summed E-state index contributed by atoms with van der Waals surface area (Å²) < 4.78 is 5.36. The molecule has 2 aromatic rings. The van der Waals surface area contributed by atoms with Crippen LogP contribution in [0.5, 0.6) is 5.75 Å². The van der Waals surface area contributed by atoms with Gasteiger partial charge in [-0.2, -0.15) is 5.26 Å². The fourth-order valence-electron chi connectivity index (χ4n) is 1.59. The predicted molar refractivity (Wildman–Crippen MR) is 74.3 cm³/mol. The minimum absolute atomic E-state index is 0.438. The smallest absolute Gasteiger partial charge is 0.153 e. The lowest BCUT2D eigenvalue weighted by Crippen LogP contribution is -2.00. The molecule has 0 atom stereocenters. The van der Waals surface area contributed by atoms with Crippen molar-refractivity contribution in [1.82, 2.24) is 4.98 Å². The van der Waals surface area contributed by atoms with Crippen molar-refractivity contribution in [3.63, 3.8) is 0 Å². The summed E-state index contributed by atoms with van der Waals surface area (Å²) >= 11 is 0. The molecule has 19 heavy (non-hydrogen) atoms. The zero-order valence-corrected chi connectivity index (χ0v) is 10.6. The number of hydrogen-bond acceptors (Lipinski definition) is 5. The zero-order valence-electron chi connectivity index (χ0n) is 10.6. The van der Waals surface area contributed by atoms with Crippen molar-refractivity contribution in [2.45, 2.75) is 6.92 Å². The average molecular weight is 254 g/mol. The molecular weight excluding hydrogens is 240 g/mol. The Morgan fingerprint density at radius 1 is 1.37 bits per heavy atom. The maximum absolute atomic E-state index is 8.74. The molecule has 0 aliphatic rings. The van der Waals surface area contributed by atoms with Gasteiger partial charge in [0, 0.05) is 11.9 Å². The van der Waals surface area contributed by atoms with Crippen molar-refractivity contribution in [1.29, 1.82) is 5.26 Å². The molecule has 2 rings (SSSR count). The summed E-state index contributed by atoms with van der Waals surface area (Å²) in [5.41, 5.74) is 7.55. The topological polar surface area (TPSA) is 84.0 Å². The number of aromatic nitrogens is 1. The fourth-order valence-corrected chi connectivity index (χ4v) is 1.59. The molecule has 0 bridgehead atoms. The first-order chi connectivity index (χ1) is 9.22. The Bertz CT molecular complexity index is 602. The second kappa shape index (κ2) is 5.74. The maximum Gasteiger partial charge on any atom is 0.153 e. The van der Waals surface area contributed by atoms with E-state index >= 15 is 0 Å². The monoisotopic (exact) mass is 254 g/mol. The lowest BCUT2D eigenvalue weighted by molar-refractivity contribution is 0.340. The maximum atomic E-state index is 8.74. The molecular formula is C14H14N4O. The predicted octanol–water partition coefficient (Wildman–Crippen LogP) is 2.68. The van der Waals surface area contributed by atoms with Crippen molar-refractivity contribution in [3.8, 4) is 11.8 Å². The van der Waals surface area contributed by atoms with Crippen molar-refractivity contribution < 1.29 is 4.74 Å². The Morgan fingerprint density at radius 2 is 2.11 bits per heavy atom. The van der Waals surface area contributed by atoms with E-state index in [1.165, 1.54) is 6.20 Å². The Kier molecular flexibility index (Phi) is 3.84. The highest BCUT2D eigenvalue weighted by Crippen LogP contribution is 2.23. The normalized spacial score (nSPS) is 9.68. The summed E-state index contributed by atoms with van der Waals surface area (Å²) in [5, 5.41) is 11.8. The number of hydrogen-bond donors (Lipinski definition) is 2. The largest absolute Gasteiger partial charge is 0.494 e. The van der Waals surface area contributed by atoms with Crippen LogP contribution in [-0.2, 0) is 0 Å². The van der Waals surface area contributed by atoms with Crippen LogP contribution >= 0.6 is 0 Å². The van der Waals surface area contributed by atoms with Gasteiger partial charge in [0.25, 0.3) is 0 Å². The van der Waals surface area contributed by atoms with Gasteiger partial charge in [-0.1, -0.05) is 0 Å². The molecule has 0 fully saturated rings. The van der Waals surface area contributed by atoms with Crippen LogP contribution in [0.3, 0.4) is 0 Å². The van der Waals surface area contributed by atoms with Crippen LogP contribution < -0.4 is 15.8 Å². The van der Waals surface area contributed by atoms with E-state index in [1.54, 1.807) is 6.07 Å². The number of benzene rings is 1. The first-order valence-electron chi connectivity index (χ1n) is 5.88. The summed E-state index contributed by atoms with van der Waals surface area (Å²) in [6, 6.07) is 11.1. The number of ether oxygens (including phenoxy) is 1. The summed E-state index contributed by atoms with van der Waals surface area (Å²) in [6.45, 7) is 2.57. The molecule has 0 amide bonds. The number of rotatable bonds is 4. The highest BCUT2D eigenvalue weighted by atomic mass is 16.5. The van der Waals surface area contributed by atoms with E-state index in [1.807, 2.05) is 37.3 Å². The zero-order chi connectivity index (χ0) is 13.7. The third-order valence-electron chi connectivity index (χ3n) is 2.47. The van der Waals surface area contributed by atoms with Gasteiger partial charge in [0.15, 0.2) is 5.82 Å². The molecule has 0 saturated heterocycles. The van der Waals surface area contributed by atoms with E-state index in [0.717, 1.165) is 11.4 Å². The van der Waals surface area contributed by atoms with Gasteiger partial charge in [-0.3, -0.25) is 0 Å². The van der Waals surface area contributed by atoms with Gasteiger partial charge < -0.3 is 15.8 Å². The number of anilines is 3. The van der Waals surface area contributed by atoms with E-state index in [4.69, 9.17) is 15.7 Å². The molecule has 1 heterocycles. The minimum atomic E-state index is 0.438. The molecule has 5 heteroatoms. The van der Waals surface area contributed by atoms with Crippen LogP contribution in [0.15, 0.2) is 36.5 Å². The van der Waals surface area contributed by atoms with E-state index in [2.05, 4.69) is 10.3 Å². The van der Waals surface area contributed by atoms with Gasteiger partial charge in [-0.25, -0.2) is 4.98 Å². The van der Waals surface area contributed by atoms with Crippen molar-refractivity contribution in [2.75, 3.05) is 17.7 Å². The quantitative estimate of drug-likeness (QED) is 0.876. The molecule has 1 aromatic heterocycles. The standard InChI is InChI=1S/C14H14N4O/c1-2-19-12-5-3-11(4-6-12)18-14-13(16)7-10(8-15)9-17-14/h3-7,9H,2,16H2,1H3,(H,17,18). The van der Waals surface area contributed by atoms with Crippen LogP contribution in [0.25, 0.3) is 0 Å². The molecule has 96 valence electrons. The van der Waals surface area contributed by atoms with Gasteiger partial charge in [0.1, 0.15) is 11.8 Å². The second-order valence-electron chi connectivity index (χ2n) is 3.86. The number of pyridine rings is 1. The van der Waals surface area contributed by atoms with E-state index in [0.29, 0.717) is 23.7 Å². The fraction of sp³-hybridized carbons (Fsp3) is 0.143. The first-order valence-corrected chi connectivity index (χ1v) is 5.88. The van der Waals surface area contributed by atoms with Crippen molar-refractivity contribution in [2.24, 2.45) is 0 Å². The molecule has 5 nitrogen and oxygen atoms in total. The SMILES string of the molecule is CCOc1ccc(Nc2ncc(C#N)cc2N)cc1. The minimum Gasteiger partial charge on any atom is -0.494 e. The van der Waals surface area contributed by atoms with Gasteiger partial charge in [0.2, 0.25) is 0 Å². The Hall–Kier alpha value is -2.74. The molecule has 0 radical (unpaired) electrons. The Balaban J connectivity index is 2.15. The highest BCUT2D eigenvalue weighted by Gasteiger charge is 2.03. The van der Waals surface area contributed by atoms with Gasteiger partial charge in [-0.05, 0) is 37.3 Å². The van der Waals surface area contributed by atoms with E-state index in [9.17, 15) is 0 Å². The molecule has 1 aromatic carbocycles. The molecule has 0 unspecified atom stereocenters. The Morgan fingerprint density at radius 3 is 2.68 bits per heavy atom. The van der Waals surface area contributed by atoms with Crippen LogP contribution in [0.1, 0.15) is 12.5 Å². The lowest BCUT2D eigenvalue weighted by Gasteiger charge is -2.09. The summed E-state index contributed by atoms with van der Waals surface area (Å²) in [5.74, 6) is 1.34. The van der Waals surface area contributed by atoms with Crippen LogP contribution in [0.4, 0.5) is 17.2 Å². The number of nitrogens with zero attached hydrogens (tertiary/aromatic N) is 2. The number of nitrogen functional groups attached to an aromatic ring is 1. The molecule has 3 N–H and O–H groups in total. The van der Waals surface area contributed by atoms with E-state index in [-0.39, 0.29) is 0 Å². The lowest BCUT2D eigenvalue weighted by atomic mass is 10.2. The molecule has 0 spiro atoms. The molecule has 0 aliphatic heterocycles. The Labute approximate surface area is 111 Å². The van der Waals surface area contributed by atoms with Gasteiger partial charge in [-0.15, -0.1) is 0 Å². The number of nitrogens with one attached hydrogen (secondary N) is 1. The third kappa shape index (κ3) is 3.13. The van der Waals surface area contributed by atoms with Crippen LogP contribution in [0.2, 0.25) is 0 Å². The third-order valence-corrected chi connectivity index (χ3v) is 2.47. The van der Waals surface area contributed by atoms with Crippen LogP contribution in [-0.4, -0.2) is 11.6 Å². The summed E-state index contributed by atoms with van der Waals surface area (Å²) in [6.07, 6.45) is 1.48. The van der Waals surface area contributed by atoms with Crippen molar-refractivity contribution in [3.05, 3.63) is 42.1 Å². The van der Waals surface area contributed by atoms with Gasteiger partial charge in [0.05, 0.1) is 17.9 Å². The van der Waals surface area contributed by atoms with Crippen LogP contribution in [0, 0.1) is 11.3 Å². The highest BCUT2D eigenvalue weighted by molar-refractivity contribution is 5.69. The first kappa shape index (κ1) is 12.7. The average Bonchev–Trinajstić information content (AvgIpc) is 2.43. The van der Waals surface area contributed by atoms with Crippen molar-refractivity contribution >= 4 is 17.2 Å². The molecule has 0 saturated carbocycles. The van der Waals surface area contributed by atoms with E-state index < -0.39 is 0 Å². The molecule has 0 aliphatic carbocycles. The van der Waals surface area contributed by atoms with Gasteiger partial charge >= 0.3 is 0 Å².